The van der Waals surface area contributed by atoms with Crippen LogP contribution in [0.25, 0.3) is 0 Å². The molecule has 5 rings (SSSR count). The molecule has 0 heterocycles. The number of benzene rings is 1. The fourth-order valence-corrected chi connectivity index (χ4v) is 7.32. The summed E-state index contributed by atoms with van der Waals surface area (Å²) in [6, 6.07) is 6.91. The number of ether oxygens (including phenoxy) is 1. The molecule has 2 heteroatoms. The fourth-order valence-electron chi connectivity index (χ4n) is 7.32. The second-order valence-corrected chi connectivity index (χ2v) is 10.6. The third-order valence-electron chi connectivity index (χ3n) is 9.05. The minimum atomic E-state index is -0.885. The number of rotatable bonds is 2. The van der Waals surface area contributed by atoms with Gasteiger partial charge >= 0.3 is 0 Å². The number of aliphatic hydroxyl groups is 1. The van der Waals surface area contributed by atoms with Crippen LogP contribution in [0.1, 0.15) is 95.1 Å². The van der Waals surface area contributed by atoms with E-state index in [-0.39, 0.29) is 5.41 Å². The summed E-state index contributed by atoms with van der Waals surface area (Å²) in [6.07, 6.45) is 12.7. The van der Waals surface area contributed by atoms with Crippen LogP contribution in [0.4, 0.5) is 0 Å². The lowest BCUT2D eigenvalue weighted by Crippen LogP contribution is -2.50. The fraction of sp³-hybridized carbons (Fsp3) is 0.655. The first-order valence-electron chi connectivity index (χ1n) is 12.6. The molecule has 0 unspecified atom stereocenters. The number of aryl methyl sites for hydroxylation is 1. The first-order valence-corrected chi connectivity index (χ1v) is 12.6. The van der Waals surface area contributed by atoms with Crippen LogP contribution in [-0.2, 0) is 6.42 Å². The lowest BCUT2D eigenvalue weighted by Gasteiger charge is -2.52. The van der Waals surface area contributed by atoms with Gasteiger partial charge in [0.05, 0.1) is 6.10 Å². The predicted molar refractivity (Wildman–Crippen MR) is 125 cm³/mol. The highest BCUT2D eigenvalue weighted by Gasteiger charge is 2.61. The van der Waals surface area contributed by atoms with E-state index in [0.717, 1.165) is 44.3 Å². The number of fused-ring (bicyclic) bond motifs is 5. The van der Waals surface area contributed by atoms with Crippen LogP contribution < -0.4 is 4.74 Å². The SMILES string of the molecule is CCC#CC#C[C@]1(O)CC[C@H]2[C@@H]3CCc4cc(OC5CCCC5)ccc4[C@H]3CC[C@@]21C. The van der Waals surface area contributed by atoms with Crippen molar-refractivity contribution in [1.29, 1.82) is 0 Å². The molecule has 4 aliphatic rings. The van der Waals surface area contributed by atoms with E-state index in [4.69, 9.17) is 4.74 Å². The Bertz CT molecular complexity index is 950. The Balaban J connectivity index is 1.36. The van der Waals surface area contributed by atoms with Gasteiger partial charge in [-0.25, -0.2) is 0 Å². The van der Waals surface area contributed by atoms with Crippen LogP contribution in [0.3, 0.4) is 0 Å². The van der Waals surface area contributed by atoms with E-state index < -0.39 is 5.60 Å². The minimum absolute atomic E-state index is 0.113. The second-order valence-electron chi connectivity index (χ2n) is 10.6. The summed E-state index contributed by atoms with van der Waals surface area (Å²) < 4.78 is 6.29. The molecule has 0 radical (unpaired) electrons. The molecule has 0 spiro atoms. The maximum atomic E-state index is 11.5. The van der Waals surface area contributed by atoms with Crippen molar-refractivity contribution in [3.63, 3.8) is 0 Å². The van der Waals surface area contributed by atoms with Gasteiger partial charge in [-0.3, -0.25) is 0 Å². The molecule has 0 aromatic heterocycles. The largest absolute Gasteiger partial charge is 0.490 e. The van der Waals surface area contributed by atoms with Crippen LogP contribution in [-0.4, -0.2) is 16.8 Å². The Kier molecular flexibility index (Phi) is 5.56. The van der Waals surface area contributed by atoms with Crippen molar-refractivity contribution in [3.8, 4) is 29.4 Å². The summed E-state index contributed by atoms with van der Waals surface area (Å²) in [6.45, 7) is 4.33. The molecular weight excluding hydrogens is 380 g/mol. The second kappa shape index (κ2) is 8.22. The summed E-state index contributed by atoms with van der Waals surface area (Å²) in [5.41, 5.74) is 2.05. The highest BCUT2D eigenvalue weighted by atomic mass is 16.5. The highest BCUT2D eigenvalue weighted by molar-refractivity contribution is 5.42. The summed E-state index contributed by atoms with van der Waals surface area (Å²) >= 11 is 0. The van der Waals surface area contributed by atoms with E-state index in [9.17, 15) is 5.11 Å². The summed E-state index contributed by atoms with van der Waals surface area (Å²) in [5.74, 6) is 15.0. The maximum Gasteiger partial charge on any atom is 0.132 e. The lowest BCUT2D eigenvalue weighted by atomic mass is 9.53. The van der Waals surface area contributed by atoms with E-state index in [2.05, 4.69) is 48.8 Å². The molecule has 0 amide bonds. The van der Waals surface area contributed by atoms with Gasteiger partial charge in [0.15, 0.2) is 0 Å². The molecule has 1 N–H and O–H groups in total. The van der Waals surface area contributed by atoms with Crippen LogP contribution >= 0.6 is 0 Å². The van der Waals surface area contributed by atoms with Crippen molar-refractivity contribution >= 4 is 0 Å². The molecular formula is C29H36O2. The zero-order chi connectivity index (χ0) is 21.5. The van der Waals surface area contributed by atoms with Crippen molar-refractivity contribution in [2.75, 3.05) is 0 Å². The van der Waals surface area contributed by atoms with Crippen LogP contribution in [0, 0.1) is 40.9 Å². The van der Waals surface area contributed by atoms with Crippen LogP contribution in [0.15, 0.2) is 18.2 Å². The monoisotopic (exact) mass is 416 g/mol. The third-order valence-corrected chi connectivity index (χ3v) is 9.05. The molecule has 1 aromatic carbocycles. The topological polar surface area (TPSA) is 29.5 Å². The summed E-state index contributed by atoms with van der Waals surface area (Å²) in [4.78, 5) is 0. The molecule has 1 aromatic rings. The average Bonchev–Trinajstić information content (AvgIpc) is 3.37. The quantitative estimate of drug-likeness (QED) is 0.598. The smallest absolute Gasteiger partial charge is 0.132 e. The Morgan fingerprint density at radius 1 is 1.06 bits per heavy atom. The molecule has 2 nitrogen and oxygen atoms in total. The molecule has 4 aliphatic carbocycles. The van der Waals surface area contributed by atoms with Gasteiger partial charge in [0.2, 0.25) is 0 Å². The Labute approximate surface area is 188 Å². The van der Waals surface area contributed by atoms with Gasteiger partial charge in [-0.15, -0.1) is 0 Å². The first kappa shape index (κ1) is 21.0. The lowest BCUT2D eigenvalue weighted by molar-refractivity contribution is -0.0647. The Morgan fingerprint density at radius 2 is 1.90 bits per heavy atom. The van der Waals surface area contributed by atoms with Crippen molar-refractivity contribution in [2.45, 2.75) is 102 Å². The van der Waals surface area contributed by atoms with E-state index in [0.29, 0.717) is 23.9 Å². The molecule has 0 saturated heterocycles. The van der Waals surface area contributed by atoms with E-state index in [1.54, 1.807) is 5.56 Å². The van der Waals surface area contributed by atoms with Gasteiger partial charge < -0.3 is 9.84 Å². The van der Waals surface area contributed by atoms with Gasteiger partial charge in [0.25, 0.3) is 0 Å². The zero-order valence-electron chi connectivity index (χ0n) is 19.2. The van der Waals surface area contributed by atoms with Crippen molar-refractivity contribution in [3.05, 3.63) is 29.3 Å². The molecule has 5 atom stereocenters. The predicted octanol–water partition coefficient (Wildman–Crippen LogP) is 6.01. The van der Waals surface area contributed by atoms with Crippen molar-refractivity contribution in [1.82, 2.24) is 0 Å². The molecule has 3 saturated carbocycles. The number of hydrogen-bond acceptors (Lipinski definition) is 2. The third kappa shape index (κ3) is 3.58. The van der Waals surface area contributed by atoms with E-state index >= 15 is 0 Å². The summed E-state index contributed by atoms with van der Waals surface area (Å²) in [5, 5.41) is 11.5. The average molecular weight is 417 g/mol. The summed E-state index contributed by atoms with van der Waals surface area (Å²) in [7, 11) is 0. The van der Waals surface area contributed by atoms with Gasteiger partial charge in [-0.05, 0) is 117 Å². The van der Waals surface area contributed by atoms with E-state index in [1.807, 2.05) is 6.92 Å². The van der Waals surface area contributed by atoms with Crippen molar-refractivity contribution in [2.24, 2.45) is 17.3 Å². The van der Waals surface area contributed by atoms with Crippen LogP contribution in [0.5, 0.6) is 5.75 Å². The van der Waals surface area contributed by atoms with Gasteiger partial charge in [0.1, 0.15) is 11.4 Å². The Hall–Kier alpha value is -1.90. The molecule has 164 valence electrons. The normalized spacial score (nSPS) is 36.3. The maximum absolute atomic E-state index is 11.5. The molecule has 31 heavy (non-hydrogen) atoms. The van der Waals surface area contributed by atoms with Crippen LogP contribution in [0.2, 0.25) is 0 Å². The van der Waals surface area contributed by atoms with Crippen molar-refractivity contribution < 1.29 is 9.84 Å². The minimum Gasteiger partial charge on any atom is -0.490 e. The van der Waals surface area contributed by atoms with Gasteiger partial charge in [-0.1, -0.05) is 31.8 Å². The molecule has 0 bridgehead atoms. The van der Waals surface area contributed by atoms with E-state index in [1.165, 1.54) is 37.7 Å². The molecule has 3 fully saturated rings. The standard InChI is InChI=1S/C29H36O2/c1-3-4-5-8-17-29(30)19-16-27-26-13-11-21-20-23(31-22-9-6-7-10-22)12-14-24(21)25(26)15-18-28(27,29)2/h12,14,20,22,25-27,30H,3,6-7,9-11,13,15-16,18-19H2,1-2H3/t25-,26-,27+,28+,29+/m1/s1. The number of hydrogen-bond donors (Lipinski definition) is 1. The zero-order valence-corrected chi connectivity index (χ0v) is 19.2. The van der Waals surface area contributed by atoms with Gasteiger partial charge in [-0.2, -0.15) is 0 Å². The Morgan fingerprint density at radius 3 is 2.71 bits per heavy atom. The highest BCUT2D eigenvalue weighted by Crippen LogP contribution is 2.64. The molecule has 0 aliphatic heterocycles. The first-order chi connectivity index (χ1) is 15.0. The van der Waals surface area contributed by atoms with Gasteiger partial charge in [0, 0.05) is 11.8 Å².